The van der Waals surface area contributed by atoms with E-state index in [1.165, 1.54) is 0 Å². The first-order valence-electron chi connectivity index (χ1n) is 6.62. The lowest BCUT2D eigenvalue weighted by atomic mass is 10.1. The van der Waals surface area contributed by atoms with Crippen molar-refractivity contribution in [3.05, 3.63) is 28.8 Å². The maximum atomic E-state index is 11.7. The zero-order valence-corrected chi connectivity index (χ0v) is 12.3. The zero-order valence-electron chi connectivity index (χ0n) is 11.6. The molecule has 1 aromatic rings. The molecule has 1 aliphatic heterocycles. The second-order valence-electron chi connectivity index (χ2n) is 4.77. The summed E-state index contributed by atoms with van der Waals surface area (Å²) < 4.78 is 0. The third-order valence-electron chi connectivity index (χ3n) is 3.36. The van der Waals surface area contributed by atoms with Gasteiger partial charge in [-0.05, 0) is 31.2 Å². The quantitative estimate of drug-likeness (QED) is 0.822. The van der Waals surface area contributed by atoms with E-state index in [1.807, 2.05) is 19.1 Å². The van der Waals surface area contributed by atoms with Gasteiger partial charge >= 0.3 is 0 Å². The molecule has 2 rings (SSSR count). The Kier molecular flexibility index (Phi) is 4.62. The molecule has 108 valence electrons. The van der Waals surface area contributed by atoms with Gasteiger partial charge in [0.05, 0.1) is 6.54 Å². The minimum atomic E-state index is -0.386. The van der Waals surface area contributed by atoms with Crippen LogP contribution in [0.25, 0.3) is 0 Å². The molecule has 1 atom stereocenters. The van der Waals surface area contributed by atoms with E-state index in [0.717, 1.165) is 17.8 Å². The Morgan fingerprint density at radius 3 is 2.85 bits per heavy atom. The molecule has 1 aromatic carbocycles. The van der Waals surface area contributed by atoms with Crippen LogP contribution in [-0.2, 0) is 16.1 Å². The lowest BCUT2D eigenvalue weighted by Gasteiger charge is -2.33. The molecule has 6 heteroatoms. The molecule has 20 heavy (non-hydrogen) atoms. The molecule has 0 aromatic heterocycles. The number of anilines is 1. The van der Waals surface area contributed by atoms with Crippen LogP contribution >= 0.6 is 11.6 Å². The normalized spacial score (nSPS) is 19.1. The van der Waals surface area contributed by atoms with Gasteiger partial charge in [0.15, 0.2) is 0 Å². The first kappa shape index (κ1) is 14.8. The van der Waals surface area contributed by atoms with Crippen molar-refractivity contribution in [3.8, 4) is 0 Å². The number of carbonyl (C=O) groups is 2. The van der Waals surface area contributed by atoms with E-state index in [-0.39, 0.29) is 24.4 Å². The van der Waals surface area contributed by atoms with Gasteiger partial charge in [-0.15, -0.1) is 0 Å². The largest absolute Gasteiger partial charge is 0.350 e. The minimum absolute atomic E-state index is 0.162. The smallest absolute Gasteiger partial charge is 0.249 e. The average Bonchev–Trinajstić information content (AvgIpc) is 2.41. The monoisotopic (exact) mass is 295 g/mol. The van der Waals surface area contributed by atoms with E-state index in [9.17, 15) is 9.59 Å². The van der Waals surface area contributed by atoms with Crippen molar-refractivity contribution in [2.24, 2.45) is 0 Å². The van der Waals surface area contributed by atoms with E-state index in [4.69, 9.17) is 11.6 Å². The molecule has 0 saturated carbocycles. The minimum Gasteiger partial charge on any atom is -0.350 e. The first-order valence-corrected chi connectivity index (χ1v) is 7.00. The number of amides is 2. The second-order valence-corrected chi connectivity index (χ2v) is 5.18. The van der Waals surface area contributed by atoms with Crippen LogP contribution in [0.3, 0.4) is 0 Å². The van der Waals surface area contributed by atoms with Crippen LogP contribution in [0.2, 0.25) is 5.02 Å². The van der Waals surface area contributed by atoms with E-state index in [0.29, 0.717) is 11.6 Å². The Morgan fingerprint density at radius 1 is 1.45 bits per heavy atom. The topological polar surface area (TPSA) is 61.4 Å². The molecule has 0 spiro atoms. The van der Waals surface area contributed by atoms with Crippen molar-refractivity contribution in [3.63, 3.8) is 0 Å². The maximum Gasteiger partial charge on any atom is 0.249 e. The Bertz CT molecular complexity index is 533. The third kappa shape index (κ3) is 3.11. The van der Waals surface area contributed by atoms with E-state index in [2.05, 4.69) is 10.6 Å². The number of benzene rings is 1. The molecule has 0 radical (unpaired) electrons. The summed E-state index contributed by atoms with van der Waals surface area (Å²) in [5, 5.41) is 6.16. The Balaban J connectivity index is 2.22. The SMILES string of the molecule is CCNCc1ccc(N2CC(=O)NC(=O)C2C)cc1Cl. The van der Waals surface area contributed by atoms with Crippen LogP contribution < -0.4 is 15.5 Å². The summed E-state index contributed by atoms with van der Waals surface area (Å²) in [5.41, 5.74) is 1.78. The molecule has 1 saturated heterocycles. The molecular formula is C14H18ClN3O2. The highest BCUT2D eigenvalue weighted by Crippen LogP contribution is 2.26. The highest BCUT2D eigenvalue weighted by molar-refractivity contribution is 6.31. The van der Waals surface area contributed by atoms with Gasteiger partial charge in [0, 0.05) is 17.3 Å². The number of rotatable bonds is 4. The predicted octanol–water partition coefficient (Wildman–Crippen LogP) is 1.30. The van der Waals surface area contributed by atoms with Crippen LogP contribution in [-0.4, -0.2) is 30.9 Å². The van der Waals surface area contributed by atoms with Gasteiger partial charge in [-0.3, -0.25) is 14.9 Å². The van der Waals surface area contributed by atoms with Gasteiger partial charge in [-0.2, -0.15) is 0 Å². The van der Waals surface area contributed by atoms with Gasteiger partial charge in [0.2, 0.25) is 11.8 Å². The van der Waals surface area contributed by atoms with Crippen LogP contribution in [0.1, 0.15) is 19.4 Å². The summed E-state index contributed by atoms with van der Waals surface area (Å²) in [6.45, 7) is 5.53. The standard InChI is InChI=1S/C14H18ClN3O2/c1-3-16-7-10-4-5-11(6-12(10)15)18-8-13(19)17-14(20)9(18)2/h4-6,9,16H,3,7-8H2,1-2H3,(H,17,19,20). The summed E-state index contributed by atoms with van der Waals surface area (Å²) >= 11 is 6.25. The van der Waals surface area contributed by atoms with Crippen LogP contribution in [0.5, 0.6) is 0 Å². The van der Waals surface area contributed by atoms with Gasteiger partial charge in [0.25, 0.3) is 0 Å². The second kappa shape index (κ2) is 6.24. The summed E-state index contributed by atoms with van der Waals surface area (Å²) in [7, 11) is 0. The van der Waals surface area contributed by atoms with E-state index < -0.39 is 0 Å². The number of carbonyl (C=O) groups excluding carboxylic acids is 2. The van der Waals surface area contributed by atoms with Crippen molar-refractivity contribution in [2.75, 3.05) is 18.0 Å². The molecule has 1 unspecified atom stereocenters. The van der Waals surface area contributed by atoms with Gasteiger partial charge < -0.3 is 10.2 Å². The third-order valence-corrected chi connectivity index (χ3v) is 3.71. The summed E-state index contributed by atoms with van der Waals surface area (Å²) in [6, 6.07) is 5.23. The fraction of sp³-hybridized carbons (Fsp3) is 0.429. The van der Waals surface area contributed by atoms with Crippen molar-refractivity contribution >= 4 is 29.1 Å². The molecule has 1 heterocycles. The lowest BCUT2D eigenvalue weighted by molar-refractivity contribution is -0.132. The average molecular weight is 296 g/mol. The number of nitrogens with one attached hydrogen (secondary N) is 2. The summed E-state index contributed by atoms with van der Waals surface area (Å²) in [4.78, 5) is 24.9. The summed E-state index contributed by atoms with van der Waals surface area (Å²) in [6.07, 6.45) is 0. The molecular weight excluding hydrogens is 278 g/mol. The van der Waals surface area contributed by atoms with Crippen molar-refractivity contribution in [1.82, 2.24) is 10.6 Å². The number of imide groups is 1. The number of hydrogen-bond acceptors (Lipinski definition) is 4. The Hall–Kier alpha value is -1.59. The molecule has 1 aliphatic rings. The number of nitrogens with zero attached hydrogens (tertiary/aromatic N) is 1. The van der Waals surface area contributed by atoms with Crippen molar-refractivity contribution in [2.45, 2.75) is 26.4 Å². The van der Waals surface area contributed by atoms with Gasteiger partial charge in [0.1, 0.15) is 6.04 Å². The first-order chi connectivity index (χ1) is 9.52. The summed E-state index contributed by atoms with van der Waals surface area (Å²) in [5.74, 6) is -0.574. The van der Waals surface area contributed by atoms with Crippen LogP contribution in [0, 0.1) is 0 Å². The van der Waals surface area contributed by atoms with Crippen LogP contribution in [0.4, 0.5) is 5.69 Å². The van der Waals surface area contributed by atoms with Crippen LogP contribution in [0.15, 0.2) is 18.2 Å². The van der Waals surface area contributed by atoms with Crippen molar-refractivity contribution in [1.29, 1.82) is 0 Å². The van der Waals surface area contributed by atoms with Gasteiger partial charge in [-0.1, -0.05) is 24.6 Å². The number of halogens is 1. The van der Waals surface area contributed by atoms with Crippen molar-refractivity contribution < 1.29 is 9.59 Å². The molecule has 0 aliphatic carbocycles. The lowest BCUT2D eigenvalue weighted by Crippen LogP contribution is -2.57. The number of piperazine rings is 1. The van der Waals surface area contributed by atoms with E-state index >= 15 is 0 Å². The van der Waals surface area contributed by atoms with E-state index in [1.54, 1.807) is 17.9 Å². The molecule has 0 bridgehead atoms. The molecule has 5 nitrogen and oxygen atoms in total. The predicted molar refractivity (Wildman–Crippen MR) is 78.8 cm³/mol. The molecule has 2 N–H and O–H groups in total. The molecule has 1 fully saturated rings. The fourth-order valence-corrected chi connectivity index (χ4v) is 2.39. The number of hydrogen-bond donors (Lipinski definition) is 2. The zero-order chi connectivity index (χ0) is 14.7. The Labute approximate surface area is 123 Å². The highest BCUT2D eigenvalue weighted by atomic mass is 35.5. The highest BCUT2D eigenvalue weighted by Gasteiger charge is 2.30. The molecule has 2 amide bonds. The maximum absolute atomic E-state index is 11.7. The fourth-order valence-electron chi connectivity index (χ4n) is 2.15. The van der Waals surface area contributed by atoms with Gasteiger partial charge in [-0.25, -0.2) is 0 Å². The Morgan fingerprint density at radius 2 is 2.20 bits per heavy atom.